The molecule has 5 heteroatoms. The Balaban J connectivity index is 1.46. The molecular weight excluding hydrogens is 394 g/mol. The van der Waals surface area contributed by atoms with Gasteiger partial charge >= 0.3 is 0 Å². The fraction of sp³-hybridized carbons (Fsp3) is 0.200. The number of nitrogens with zero attached hydrogens (tertiary/aromatic N) is 1. The van der Waals surface area contributed by atoms with Gasteiger partial charge in [-0.25, -0.2) is 0 Å². The van der Waals surface area contributed by atoms with E-state index in [-0.39, 0.29) is 5.91 Å². The number of amides is 1. The highest BCUT2D eigenvalue weighted by atomic mass is 35.5. The van der Waals surface area contributed by atoms with Crippen LogP contribution in [0.5, 0.6) is 0 Å². The lowest BCUT2D eigenvalue weighted by molar-refractivity contribution is -0.121. The van der Waals surface area contributed by atoms with Crippen LogP contribution < -0.4 is 5.32 Å². The van der Waals surface area contributed by atoms with Gasteiger partial charge in [-0.1, -0.05) is 47.5 Å². The molecule has 4 nitrogen and oxygen atoms in total. The number of halogens is 1. The molecule has 0 fully saturated rings. The first-order valence-electron chi connectivity index (χ1n) is 10.1. The zero-order valence-electron chi connectivity index (χ0n) is 16.9. The average Bonchev–Trinajstić information content (AvgIpc) is 3.11. The highest BCUT2D eigenvalue weighted by Crippen LogP contribution is 2.31. The number of pyridine rings is 1. The van der Waals surface area contributed by atoms with Crippen molar-refractivity contribution in [1.29, 1.82) is 0 Å². The summed E-state index contributed by atoms with van der Waals surface area (Å²) in [5.41, 5.74) is 6.41. The summed E-state index contributed by atoms with van der Waals surface area (Å²) in [6.45, 7) is 2.54. The van der Waals surface area contributed by atoms with Crippen LogP contribution in [0.1, 0.15) is 29.5 Å². The Kier molecular flexibility index (Phi) is 6.15. The van der Waals surface area contributed by atoms with Gasteiger partial charge in [-0.15, -0.1) is 0 Å². The Hall–Kier alpha value is -3.11. The minimum Gasteiger partial charge on any atom is -0.353 e. The molecule has 2 aromatic heterocycles. The molecule has 0 radical (unpaired) electrons. The van der Waals surface area contributed by atoms with E-state index in [9.17, 15) is 4.79 Å². The van der Waals surface area contributed by atoms with Crippen LogP contribution in [0.4, 0.5) is 0 Å². The fourth-order valence-electron chi connectivity index (χ4n) is 3.70. The van der Waals surface area contributed by atoms with E-state index in [1.165, 1.54) is 16.5 Å². The maximum atomic E-state index is 12.4. The molecule has 2 aromatic carbocycles. The minimum atomic E-state index is 0.0327. The van der Waals surface area contributed by atoms with Gasteiger partial charge in [0.2, 0.25) is 5.91 Å². The van der Waals surface area contributed by atoms with Crippen LogP contribution in [0.2, 0.25) is 5.02 Å². The number of H-pyrrole nitrogens is 1. The van der Waals surface area contributed by atoms with Gasteiger partial charge in [0.25, 0.3) is 0 Å². The summed E-state index contributed by atoms with van der Waals surface area (Å²) < 4.78 is 0. The molecule has 0 aliphatic heterocycles. The van der Waals surface area contributed by atoms with Crippen LogP contribution in [0, 0.1) is 6.92 Å². The van der Waals surface area contributed by atoms with Gasteiger partial charge in [0, 0.05) is 35.1 Å². The molecule has 4 rings (SSSR count). The van der Waals surface area contributed by atoms with E-state index in [2.05, 4.69) is 40.4 Å². The number of aromatic nitrogens is 2. The van der Waals surface area contributed by atoms with Gasteiger partial charge < -0.3 is 10.3 Å². The van der Waals surface area contributed by atoms with Gasteiger partial charge in [0.15, 0.2) is 0 Å². The van der Waals surface area contributed by atoms with Gasteiger partial charge in [-0.2, -0.15) is 0 Å². The van der Waals surface area contributed by atoms with Gasteiger partial charge in [0.1, 0.15) is 0 Å². The van der Waals surface area contributed by atoms with E-state index >= 15 is 0 Å². The fourth-order valence-corrected chi connectivity index (χ4v) is 3.90. The highest BCUT2D eigenvalue weighted by molar-refractivity contribution is 6.31. The lowest BCUT2D eigenvalue weighted by Gasteiger charge is -2.08. The van der Waals surface area contributed by atoms with E-state index in [0.29, 0.717) is 18.0 Å². The molecule has 4 aromatic rings. The van der Waals surface area contributed by atoms with E-state index in [4.69, 9.17) is 11.6 Å². The van der Waals surface area contributed by atoms with Crippen LogP contribution >= 0.6 is 11.6 Å². The Morgan fingerprint density at radius 2 is 1.93 bits per heavy atom. The topological polar surface area (TPSA) is 57.8 Å². The molecule has 0 bridgehead atoms. The highest BCUT2D eigenvalue weighted by Gasteiger charge is 2.15. The first-order valence-corrected chi connectivity index (χ1v) is 10.5. The number of fused-ring (bicyclic) bond motifs is 1. The standard InChI is InChI=1S/C25H24ClN3O/c1-17-12-13-22-20(15-17)19(25(29-22)23-10-4-5-14-27-23)8-6-11-24(30)28-16-18-7-2-3-9-21(18)26/h2-5,7,9-10,12-15,29H,6,8,11,16H2,1H3,(H,28,30). The summed E-state index contributed by atoms with van der Waals surface area (Å²) in [6.07, 6.45) is 3.83. The molecular formula is C25H24ClN3O. The molecule has 152 valence electrons. The number of carbonyl (C=O) groups excluding carboxylic acids is 1. The molecule has 0 saturated carbocycles. The summed E-state index contributed by atoms with van der Waals surface area (Å²) in [6, 6.07) is 19.9. The quantitative estimate of drug-likeness (QED) is 0.397. The predicted octanol–water partition coefficient (Wildman–Crippen LogP) is 5.83. The van der Waals surface area contributed by atoms with Crippen LogP contribution in [0.15, 0.2) is 66.9 Å². The zero-order valence-corrected chi connectivity index (χ0v) is 17.7. The monoisotopic (exact) mass is 417 g/mol. The maximum absolute atomic E-state index is 12.4. The van der Waals surface area contributed by atoms with Gasteiger partial charge in [-0.3, -0.25) is 9.78 Å². The van der Waals surface area contributed by atoms with Crippen molar-refractivity contribution in [2.75, 3.05) is 0 Å². The molecule has 2 N–H and O–H groups in total. The molecule has 0 aliphatic carbocycles. The molecule has 0 spiro atoms. The van der Waals surface area contributed by atoms with Crippen molar-refractivity contribution in [3.63, 3.8) is 0 Å². The second-order valence-corrected chi connectivity index (χ2v) is 7.87. The number of benzene rings is 2. The van der Waals surface area contributed by atoms with Crippen LogP contribution in [-0.4, -0.2) is 15.9 Å². The molecule has 0 unspecified atom stereocenters. The number of aromatic amines is 1. The summed E-state index contributed by atoms with van der Waals surface area (Å²) in [7, 11) is 0. The summed E-state index contributed by atoms with van der Waals surface area (Å²) in [4.78, 5) is 20.4. The Morgan fingerprint density at radius 3 is 2.73 bits per heavy atom. The smallest absolute Gasteiger partial charge is 0.220 e. The van der Waals surface area contributed by atoms with Gasteiger partial charge in [0.05, 0.1) is 11.4 Å². The largest absolute Gasteiger partial charge is 0.353 e. The van der Waals surface area contributed by atoms with Crippen molar-refractivity contribution in [2.24, 2.45) is 0 Å². The number of hydrogen-bond donors (Lipinski definition) is 2. The van der Waals surface area contributed by atoms with Crippen LogP contribution in [0.3, 0.4) is 0 Å². The summed E-state index contributed by atoms with van der Waals surface area (Å²) in [5.74, 6) is 0.0327. The number of carbonyl (C=O) groups is 1. The number of rotatable bonds is 7. The number of aryl methyl sites for hydroxylation is 2. The van der Waals surface area contributed by atoms with Crippen molar-refractivity contribution >= 4 is 28.4 Å². The van der Waals surface area contributed by atoms with E-state index < -0.39 is 0 Å². The number of hydrogen-bond acceptors (Lipinski definition) is 2. The minimum absolute atomic E-state index is 0.0327. The molecule has 30 heavy (non-hydrogen) atoms. The molecule has 0 atom stereocenters. The molecule has 2 heterocycles. The summed E-state index contributed by atoms with van der Waals surface area (Å²) >= 11 is 6.16. The first kappa shape index (κ1) is 20.2. The van der Waals surface area contributed by atoms with Gasteiger partial charge in [-0.05, 0) is 61.2 Å². The molecule has 1 amide bonds. The maximum Gasteiger partial charge on any atom is 0.220 e. The molecule has 0 aliphatic rings. The Morgan fingerprint density at radius 1 is 1.10 bits per heavy atom. The van der Waals surface area contributed by atoms with Crippen molar-refractivity contribution < 1.29 is 4.79 Å². The third kappa shape index (κ3) is 4.55. The second-order valence-electron chi connectivity index (χ2n) is 7.46. The lowest BCUT2D eigenvalue weighted by atomic mass is 10.0. The van der Waals surface area contributed by atoms with Crippen LogP contribution in [0.25, 0.3) is 22.3 Å². The number of nitrogens with one attached hydrogen (secondary N) is 2. The third-order valence-electron chi connectivity index (χ3n) is 5.25. The SMILES string of the molecule is Cc1ccc2[nH]c(-c3ccccn3)c(CCCC(=O)NCc3ccccc3Cl)c2c1. The summed E-state index contributed by atoms with van der Waals surface area (Å²) in [5, 5.41) is 4.84. The average molecular weight is 418 g/mol. The lowest BCUT2D eigenvalue weighted by Crippen LogP contribution is -2.22. The predicted molar refractivity (Wildman–Crippen MR) is 123 cm³/mol. The zero-order chi connectivity index (χ0) is 20.9. The van der Waals surface area contributed by atoms with Crippen molar-refractivity contribution in [1.82, 2.24) is 15.3 Å². The van der Waals surface area contributed by atoms with E-state index in [1.807, 2.05) is 42.5 Å². The van der Waals surface area contributed by atoms with Crippen molar-refractivity contribution in [3.8, 4) is 11.4 Å². The first-order chi connectivity index (χ1) is 14.6. The van der Waals surface area contributed by atoms with E-state index in [1.54, 1.807) is 6.20 Å². The second kappa shape index (κ2) is 9.14. The Labute approximate surface area is 181 Å². The van der Waals surface area contributed by atoms with E-state index in [0.717, 1.165) is 35.3 Å². The van der Waals surface area contributed by atoms with Crippen LogP contribution in [-0.2, 0) is 17.8 Å². The third-order valence-corrected chi connectivity index (χ3v) is 5.62. The Bertz CT molecular complexity index is 1170. The van der Waals surface area contributed by atoms with Crippen molar-refractivity contribution in [3.05, 3.63) is 88.6 Å². The van der Waals surface area contributed by atoms with Crippen molar-refractivity contribution in [2.45, 2.75) is 32.7 Å². The molecule has 0 saturated heterocycles. The normalized spacial score (nSPS) is 11.0.